The number of nitrogens with zero attached hydrogens (tertiary/aromatic N) is 1. The SMILES string of the molecule is Cc1ccc(C(=O)CCC(=O)OCC(=O)Nc2ncc(C(F)(F)F)cc2Cl)s1. The van der Waals surface area contributed by atoms with Crippen LogP contribution in [0.5, 0.6) is 0 Å². The first-order valence-electron chi connectivity index (χ1n) is 7.84. The lowest BCUT2D eigenvalue weighted by Gasteiger charge is -2.10. The van der Waals surface area contributed by atoms with Crippen molar-refractivity contribution in [3.05, 3.63) is 44.7 Å². The number of alkyl halides is 3. The third-order valence-corrected chi connectivity index (χ3v) is 4.69. The quantitative estimate of drug-likeness (QED) is 0.519. The molecule has 2 aromatic rings. The lowest BCUT2D eigenvalue weighted by molar-refractivity contribution is -0.147. The van der Waals surface area contributed by atoms with Gasteiger partial charge in [-0.2, -0.15) is 13.2 Å². The van der Waals surface area contributed by atoms with E-state index in [1.807, 2.05) is 6.92 Å². The first-order valence-corrected chi connectivity index (χ1v) is 9.03. The van der Waals surface area contributed by atoms with Gasteiger partial charge in [0.25, 0.3) is 5.91 Å². The molecule has 0 aliphatic heterocycles. The maximum atomic E-state index is 12.5. The average Bonchev–Trinajstić information content (AvgIpc) is 3.05. The Morgan fingerprint density at radius 2 is 1.96 bits per heavy atom. The van der Waals surface area contributed by atoms with E-state index in [-0.39, 0.29) is 24.4 Å². The number of ether oxygens (including phenoxy) is 1. The summed E-state index contributed by atoms with van der Waals surface area (Å²) in [6.07, 6.45) is -4.37. The zero-order chi connectivity index (χ0) is 20.9. The number of Topliss-reactive ketones (excluding diaryl/α,β-unsaturated/α-hetero) is 1. The van der Waals surface area contributed by atoms with Gasteiger partial charge in [-0.1, -0.05) is 11.6 Å². The fourth-order valence-electron chi connectivity index (χ4n) is 1.99. The second-order valence-electron chi connectivity index (χ2n) is 5.59. The Morgan fingerprint density at radius 3 is 2.54 bits per heavy atom. The highest BCUT2D eigenvalue weighted by Crippen LogP contribution is 2.32. The highest BCUT2D eigenvalue weighted by atomic mass is 35.5. The number of amides is 1. The van der Waals surface area contributed by atoms with Gasteiger partial charge in [0.1, 0.15) is 0 Å². The Bertz CT molecular complexity index is 899. The zero-order valence-electron chi connectivity index (χ0n) is 14.4. The van der Waals surface area contributed by atoms with E-state index in [4.69, 9.17) is 16.3 Å². The summed E-state index contributed by atoms with van der Waals surface area (Å²) in [6.45, 7) is 1.16. The fourth-order valence-corrected chi connectivity index (χ4v) is 3.04. The van der Waals surface area contributed by atoms with Gasteiger partial charge in [-0.3, -0.25) is 14.4 Å². The van der Waals surface area contributed by atoms with Crippen LogP contribution in [-0.4, -0.2) is 29.3 Å². The smallest absolute Gasteiger partial charge is 0.417 e. The van der Waals surface area contributed by atoms with E-state index in [9.17, 15) is 27.6 Å². The number of rotatable bonds is 7. The van der Waals surface area contributed by atoms with E-state index in [2.05, 4.69) is 10.3 Å². The Morgan fingerprint density at radius 1 is 1.25 bits per heavy atom. The van der Waals surface area contributed by atoms with Crippen LogP contribution in [0, 0.1) is 6.92 Å². The summed E-state index contributed by atoms with van der Waals surface area (Å²) in [7, 11) is 0. The Kier molecular flexibility index (Phi) is 7.14. The summed E-state index contributed by atoms with van der Waals surface area (Å²) in [6, 6.07) is 4.08. The molecule has 150 valence electrons. The molecule has 1 N–H and O–H groups in total. The number of hydrogen-bond donors (Lipinski definition) is 1. The van der Waals surface area contributed by atoms with Gasteiger partial charge in [-0.15, -0.1) is 11.3 Å². The zero-order valence-corrected chi connectivity index (χ0v) is 16.0. The van der Waals surface area contributed by atoms with Crippen LogP contribution in [0.1, 0.15) is 33.0 Å². The lowest BCUT2D eigenvalue weighted by atomic mass is 10.2. The third kappa shape index (κ3) is 6.31. The largest absolute Gasteiger partial charge is 0.456 e. The molecule has 0 saturated heterocycles. The van der Waals surface area contributed by atoms with Crippen LogP contribution in [-0.2, 0) is 20.5 Å². The molecule has 0 radical (unpaired) electrons. The van der Waals surface area contributed by atoms with Crippen molar-refractivity contribution >= 4 is 46.4 Å². The standard InChI is InChI=1S/C17H14ClF3N2O4S/c1-9-2-4-13(28-9)12(24)3-5-15(26)27-8-14(25)23-16-11(18)6-10(7-22-16)17(19,20)21/h2,4,6-7H,3,5,8H2,1H3,(H,22,23,25). The first-order chi connectivity index (χ1) is 13.1. The molecule has 2 rings (SSSR count). The summed E-state index contributed by atoms with van der Waals surface area (Å²) in [4.78, 5) is 40.2. The lowest BCUT2D eigenvalue weighted by Crippen LogP contribution is -2.22. The summed E-state index contributed by atoms with van der Waals surface area (Å²) >= 11 is 6.98. The predicted octanol–water partition coefficient (Wildman–Crippen LogP) is 4.27. The number of anilines is 1. The van der Waals surface area contributed by atoms with Crippen molar-refractivity contribution in [2.75, 3.05) is 11.9 Å². The minimum absolute atomic E-state index is 0.0628. The minimum Gasteiger partial charge on any atom is -0.456 e. The number of carbonyl (C=O) groups excluding carboxylic acids is 3. The van der Waals surface area contributed by atoms with Crippen LogP contribution >= 0.6 is 22.9 Å². The highest BCUT2D eigenvalue weighted by Gasteiger charge is 2.31. The molecule has 0 spiro atoms. The second-order valence-corrected chi connectivity index (χ2v) is 7.29. The molecule has 2 aromatic heterocycles. The Balaban J connectivity index is 1.79. The molecule has 11 heteroatoms. The predicted molar refractivity (Wildman–Crippen MR) is 96.5 cm³/mol. The number of thiophene rings is 1. The third-order valence-electron chi connectivity index (χ3n) is 3.36. The maximum Gasteiger partial charge on any atom is 0.417 e. The van der Waals surface area contributed by atoms with Crippen LogP contribution in [0.25, 0.3) is 0 Å². The normalized spacial score (nSPS) is 11.2. The van der Waals surface area contributed by atoms with Gasteiger partial charge in [-0.25, -0.2) is 4.98 Å². The van der Waals surface area contributed by atoms with E-state index in [1.54, 1.807) is 12.1 Å². The molecule has 6 nitrogen and oxygen atoms in total. The van der Waals surface area contributed by atoms with Crippen LogP contribution < -0.4 is 5.32 Å². The summed E-state index contributed by atoms with van der Waals surface area (Å²) in [5.74, 6) is -2.09. The van der Waals surface area contributed by atoms with E-state index in [0.29, 0.717) is 17.1 Å². The van der Waals surface area contributed by atoms with Crippen molar-refractivity contribution in [3.8, 4) is 0 Å². The number of pyridine rings is 1. The van der Waals surface area contributed by atoms with Crippen molar-refractivity contribution in [2.45, 2.75) is 25.9 Å². The number of ketones is 1. The Labute approximate surface area is 166 Å². The summed E-state index contributed by atoms with van der Waals surface area (Å²) in [5, 5.41) is 1.74. The fraction of sp³-hybridized carbons (Fsp3) is 0.294. The molecule has 1 amide bonds. The van der Waals surface area contributed by atoms with E-state index >= 15 is 0 Å². The molecule has 0 fully saturated rings. The van der Waals surface area contributed by atoms with Crippen LogP contribution in [0.15, 0.2) is 24.4 Å². The van der Waals surface area contributed by atoms with Gasteiger partial charge in [-0.05, 0) is 25.1 Å². The number of hydrogen-bond acceptors (Lipinski definition) is 6. The van der Waals surface area contributed by atoms with Crippen molar-refractivity contribution in [1.82, 2.24) is 4.98 Å². The van der Waals surface area contributed by atoms with Crippen LogP contribution in [0.2, 0.25) is 5.02 Å². The monoisotopic (exact) mass is 434 g/mol. The molecular formula is C17H14ClF3N2O4S. The van der Waals surface area contributed by atoms with Crippen LogP contribution in [0.3, 0.4) is 0 Å². The average molecular weight is 435 g/mol. The van der Waals surface area contributed by atoms with Gasteiger partial charge < -0.3 is 10.1 Å². The minimum atomic E-state index is -4.62. The molecule has 0 bridgehead atoms. The van der Waals surface area contributed by atoms with Crippen molar-refractivity contribution in [2.24, 2.45) is 0 Å². The Hall–Kier alpha value is -2.46. The van der Waals surface area contributed by atoms with Crippen LogP contribution in [0.4, 0.5) is 19.0 Å². The molecule has 0 aromatic carbocycles. The molecular weight excluding hydrogens is 421 g/mol. The first kappa shape index (κ1) is 21.8. The summed E-state index contributed by atoms with van der Waals surface area (Å²) in [5.41, 5.74) is -1.06. The molecule has 28 heavy (non-hydrogen) atoms. The van der Waals surface area contributed by atoms with Gasteiger partial charge >= 0.3 is 12.1 Å². The number of carbonyl (C=O) groups is 3. The van der Waals surface area contributed by atoms with E-state index < -0.39 is 35.2 Å². The number of nitrogens with one attached hydrogen (secondary N) is 1. The topological polar surface area (TPSA) is 85.4 Å². The molecule has 0 unspecified atom stereocenters. The van der Waals surface area contributed by atoms with Gasteiger partial charge in [0.05, 0.1) is 21.9 Å². The highest BCUT2D eigenvalue weighted by molar-refractivity contribution is 7.14. The van der Waals surface area contributed by atoms with Crippen molar-refractivity contribution in [3.63, 3.8) is 0 Å². The maximum absolute atomic E-state index is 12.5. The van der Waals surface area contributed by atoms with Crippen molar-refractivity contribution in [1.29, 1.82) is 0 Å². The van der Waals surface area contributed by atoms with Gasteiger partial charge in [0.15, 0.2) is 18.2 Å². The molecule has 0 atom stereocenters. The number of aromatic nitrogens is 1. The number of esters is 1. The van der Waals surface area contributed by atoms with E-state index in [1.165, 1.54) is 11.3 Å². The number of aryl methyl sites for hydroxylation is 1. The molecule has 0 aliphatic carbocycles. The van der Waals surface area contributed by atoms with Crippen molar-refractivity contribution < 1.29 is 32.3 Å². The molecule has 0 saturated carbocycles. The van der Waals surface area contributed by atoms with Gasteiger partial charge in [0.2, 0.25) is 0 Å². The molecule has 0 aliphatic rings. The summed E-state index contributed by atoms with van der Waals surface area (Å²) < 4.78 is 42.4. The number of halogens is 4. The van der Waals surface area contributed by atoms with Gasteiger partial charge in [0, 0.05) is 17.5 Å². The second kappa shape index (κ2) is 9.16. The van der Waals surface area contributed by atoms with E-state index in [0.717, 1.165) is 4.88 Å². The molecule has 2 heterocycles.